The van der Waals surface area contributed by atoms with E-state index in [1.807, 2.05) is 6.07 Å². The average Bonchev–Trinajstić information content (AvgIpc) is 2.87. The quantitative estimate of drug-likeness (QED) is 0.871. The smallest absolute Gasteiger partial charge is 0.251 e. The maximum absolute atomic E-state index is 12.2. The lowest BCUT2D eigenvalue weighted by atomic mass is 10.0. The van der Waals surface area contributed by atoms with Crippen LogP contribution in [0.25, 0.3) is 0 Å². The number of hydrogen-bond acceptors (Lipinski definition) is 2. The number of piperidine rings is 1. The Balaban J connectivity index is 0.00000133. The van der Waals surface area contributed by atoms with E-state index in [0.29, 0.717) is 6.04 Å². The SMILES string of the molecule is Cl.O=C(N[C@@H]1CCCNC1)c1ccc2c(c1)CCC2. The largest absolute Gasteiger partial charge is 0.348 e. The van der Waals surface area contributed by atoms with Crippen molar-refractivity contribution in [3.05, 3.63) is 34.9 Å². The molecule has 1 aliphatic carbocycles. The third kappa shape index (κ3) is 3.28. The highest BCUT2D eigenvalue weighted by atomic mass is 35.5. The summed E-state index contributed by atoms with van der Waals surface area (Å²) in [6, 6.07) is 6.46. The van der Waals surface area contributed by atoms with Gasteiger partial charge in [0, 0.05) is 18.2 Å². The van der Waals surface area contributed by atoms with Gasteiger partial charge in [0.15, 0.2) is 0 Å². The summed E-state index contributed by atoms with van der Waals surface area (Å²) in [5, 5.41) is 6.44. The first kappa shape index (κ1) is 14.4. The summed E-state index contributed by atoms with van der Waals surface area (Å²) in [5.74, 6) is 0.0819. The zero-order valence-corrected chi connectivity index (χ0v) is 11.9. The van der Waals surface area contributed by atoms with Crippen LogP contribution < -0.4 is 10.6 Å². The van der Waals surface area contributed by atoms with Crippen molar-refractivity contribution in [3.8, 4) is 0 Å². The number of hydrogen-bond donors (Lipinski definition) is 2. The van der Waals surface area contributed by atoms with Gasteiger partial charge in [0.25, 0.3) is 5.91 Å². The first-order valence-electron chi connectivity index (χ1n) is 6.96. The van der Waals surface area contributed by atoms with Gasteiger partial charge in [-0.05, 0) is 61.9 Å². The fourth-order valence-electron chi connectivity index (χ4n) is 2.96. The van der Waals surface area contributed by atoms with Gasteiger partial charge in [0.05, 0.1) is 0 Å². The third-order valence-corrected chi connectivity index (χ3v) is 3.99. The van der Waals surface area contributed by atoms with E-state index in [9.17, 15) is 4.79 Å². The number of fused-ring (bicyclic) bond motifs is 1. The number of amides is 1. The van der Waals surface area contributed by atoms with Gasteiger partial charge < -0.3 is 10.6 Å². The Morgan fingerprint density at radius 2 is 2.05 bits per heavy atom. The highest BCUT2D eigenvalue weighted by Gasteiger charge is 2.18. The van der Waals surface area contributed by atoms with Crippen molar-refractivity contribution >= 4 is 18.3 Å². The number of aryl methyl sites for hydroxylation is 2. The molecule has 1 atom stereocenters. The van der Waals surface area contributed by atoms with Crippen LogP contribution in [-0.2, 0) is 12.8 Å². The van der Waals surface area contributed by atoms with Crippen LogP contribution in [0.1, 0.15) is 40.7 Å². The molecule has 3 rings (SSSR count). The number of carbonyl (C=O) groups excluding carboxylic acids is 1. The van der Waals surface area contributed by atoms with Crippen molar-refractivity contribution in [3.63, 3.8) is 0 Å². The van der Waals surface area contributed by atoms with Crippen LogP contribution in [0.3, 0.4) is 0 Å². The molecule has 1 heterocycles. The summed E-state index contributed by atoms with van der Waals surface area (Å²) in [7, 11) is 0. The summed E-state index contributed by atoms with van der Waals surface area (Å²) < 4.78 is 0. The Morgan fingerprint density at radius 3 is 2.84 bits per heavy atom. The Bertz CT molecular complexity index is 455. The van der Waals surface area contributed by atoms with Crippen LogP contribution in [-0.4, -0.2) is 25.0 Å². The molecule has 0 saturated carbocycles. The molecule has 2 aliphatic rings. The fourth-order valence-corrected chi connectivity index (χ4v) is 2.96. The van der Waals surface area contributed by atoms with Crippen molar-refractivity contribution in [1.29, 1.82) is 0 Å². The number of halogens is 1. The molecule has 3 nitrogen and oxygen atoms in total. The Hall–Kier alpha value is -1.06. The monoisotopic (exact) mass is 280 g/mol. The van der Waals surface area contributed by atoms with Gasteiger partial charge in [-0.3, -0.25) is 4.79 Å². The lowest BCUT2D eigenvalue weighted by Gasteiger charge is -2.23. The lowest BCUT2D eigenvalue weighted by Crippen LogP contribution is -2.45. The van der Waals surface area contributed by atoms with Crippen LogP contribution >= 0.6 is 12.4 Å². The van der Waals surface area contributed by atoms with Crippen molar-refractivity contribution in [2.24, 2.45) is 0 Å². The molecule has 1 fully saturated rings. The minimum absolute atomic E-state index is 0. The molecule has 0 aromatic heterocycles. The van der Waals surface area contributed by atoms with Gasteiger partial charge in [-0.2, -0.15) is 0 Å². The Kier molecular flexibility index (Phi) is 4.83. The van der Waals surface area contributed by atoms with Crippen LogP contribution in [0.2, 0.25) is 0 Å². The van der Waals surface area contributed by atoms with Crippen molar-refractivity contribution < 1.29 is 4.79 Å². The van der Waals surface area contributed by atoms with Gasteiger partial charge in [-0.25, -0.2) is 0 Å². The molecular weight excluding hydrogens is 260 g/mol. The molecule has 1 aromatic rings. The highest BCUT2D eigenvalue weighted by molar-refractivity contribution is 5.94. The molecule has 0 radical (unpaired) electrons. The van der Waals surface area contributed by atoms with Crippen molar-refractivity contribution in [2.45, 2.75) is 38.1 Å². The molecule has 1 saturated heterocycles. The lowest BCUT2D eigenvalue weighted by molar-refractivity contribution is 0.0930. The third-order valence-electron chi connectivity index (χ3n) is 3.99. The molecule has 104 valence electrons. The number of rotatable bonds is 2. The molecule has 0 spiro atoms. The molecular formula is C15H21ClN2O. The molecule has 1 amide bonds. The van der Waals surface area contributed by atoms with Gasteiger partial charge in [-0.1, -0.05) is 6.07 Å². The Morgan fingerprint density at radius 1 is 1.21 bits per heavy atom. The molecule has 2 N–H and O–H groups in total. The topological polar surface area (TPSA) is 41.1 Å². The normalized spacial score (nSPS) is 21.4. The predicted molar refractivity (Wildman–Crippen MR) is 79.1 cm³/mol. The first-order chi connectivity index (χ1) is 8.83. The van der Waals surface area contributed by atoms with Crippen molar-refractivity contribution in [2.75, 3.05) is 13.1 Å². The Labute approximate surface area is 120 Å². The van der Waals surface area contributed by atoms with E-state index in [-0.39, 0.29) is 18.3 Å². The molecule has 4 heteroatoms. The molecule has 0 bridgehead atoms. The molecule has 1 aromatic carbocycles. The van der Waals surface area contributed by atoms with E-state index in [4.69, 9.17) is 0 Å². The van der Waals surface area contributed by atoms with Gasteiger partial charge in [0.1, 0.15) is 0 Å². The second-order valence-corrected chi connectivity index (χ2v) is 5.35. The minimum atomic E-state index is 0. The number of nitrogens with one attached hydrogen (secondary N) is 2. The van der Waals surface area contributed by atoms with Crippen LogP contribution in [0.4, 0.5) is 0 Å². The molecule has 1 aliphatic heterocycles. The molecule has 0 unspecified atom stereocenters. The van der Waals surface area contributed by atoms with Crippen LogP contribution in [0, 0.1) is 0 Å². The van der Waals surface area contributed by atoms with E-state index in [1.54, 1.807) is 0 Å². The second-order valence-electron chi connectivity index (χ2n) is 5.35. The average molecular weight is 281 g/mol. The first-order valence-corrected chi connectivity index (χ1v) is 6.96. The predicted octanol–water partition coefficient (Wildman–Crippen LogP) is 2.08. The highest BCUT2D eigenvalue weighted by Crippen LogP contribution is 2.22. The minimum Gasteiger partial charge on any atom is -0.348 e. The van der Waals surface area contributed by atoms with Gasteiger partial charge in [-0.15, -0.1) is 12.4 Å². The number of benzene rings is 1. The summed E-state index contributed by atoms with van der Waals surface area (Å²) in [6.45, 7) is 1.97. The summed E-state index contributed by atoms with van der Waals surface area (Å²) in [4.78, 5) is 12.2. The maximum atomic E-state index is 12.2. The second kappa shape index (κ2) is 6.40. The van der Waals surface area contributed by atoms with Gasteiger partial charge in [0.2, 0.25) is 0 Å². The van der Waals surface area contributed by atoms with E-state index in [2.05, 4.69) is 22.8 Å². The van der Waals surface area contributed by atoms with E-state index < -0.39 is 0 Å². The zero-order chi connectivity index (χ0) is 12.4. The maximum Gasteiger partial charge on any atom is 0.251 e. The van der Waals surface area contributed by atoms with E-state index >= 15 is 0 Å². The van der Waals surface area contributed by atoms with Crippen molar-refractivity contribution in [1.82, 2.24) is 10.6 Å². The van der Waals surface area contributed by atoms with Crippen LogP contribution in [0.15, 0.2) is 18.2 Å². The van der Waals surface area contributed by atoms with Crippen LogP contribution in [0.5, 0.6) is 0 Å². The summed E-state index contributed by atoms with van der Waals surface area (Å²) in [6.07, 6.45) is 5.76. The zero-order valence-electron chi connectivity index (χ0n) is 11.1. The number of carbonyl (C=O) groups is 1. The fraction of sp³-hybridized carbons (Fsp3) is 0.533. The summed E-state index contributed by atoms with van der Waals surface area (Å²) in [5.41, 5.74) is 3.61. The van der Waals surface area contributed by atoms with E-state index in [1.165, 1.54) is 24.0 Å². The summed E-state index contributed by atoms with van der Waals surface area (Å²) >= 11 is 0. The molecule has 19 heavy (non-hydrogen) atoms. The van der Waals surface area contributed by atoms with E-state index in [0.717, 1.165) is 37.9 Å². The van der Waals surface area contributed by atoms with Gasteiger partial charge >= 0.3 is 0 Å². The standard InChI is InChI=1S/C15H20N2O.ClH/c18-15(17-14-5-2-8-16-10-14)13-7-6-11-3-1-4-12(11)9-13;/h6-7,9,14,16H,1-5,8,10H2,(H,17,18);1H/t14-;/m1./s1.